The van der Waals surface area contributed by atoms with E-state index in [9.17, 15) is 14.0 Å². The van der Waals surface area contributed by atoms with Gasteiger partial charge in [-0.05, 0) is 32.9 Å². The fourth-order valence-corrected chi connectivity index (χ4v) is 2.71. The van der Waals surface area contributed by atoms with Crippen LogP contribution in [0.1, 0.15) is 20.8 Å². The molecule has 3 heterocycles. The first kappa shape index (κ1) is 15.5. The highest BCUT2D eigenvalue weighted by molar-refractivity contribution is 6.03. The van der Waals surface area contributed by atoms with Crippen LogP contribution in [0.2, 0.25) is 0 Å². The molecule has 0 radical (unpaired) electrons. The lowest BCUT2D eigenvalue weighted by Gasteiger charge is -2.44. The first-order valence-corrected chi connectivity index (χ1v) is 7.46. The summed E-state index contributed by atoms with van der Waals surface area (Å²) in [6.45, 7) is 6.32. The van der Waals surface area contributed by atoms with E-state index in [0.29, 0.717) is 24.6 Å². The zero-order chi connectivity index (χ0) is 16.8. The number of ether oxygens (including phenoxy) is 1. The van der Waals surface area contributed by atoms with Gasteiger partial charge >= 0.3 is 6.09 Å². The molecule has 0 unspecified atom stereocenters. The van der Waals surface area contributed by atoms with Crippen molar-refractivity contribution in [2.45, 2.75) is 32.4 Å². The van der Waals surface area contributed by atoms with E-state index < -0.39 is 23.7 Å². The monoisotopic (exact) mass is 322 g/mol. The molecule has 0 saturated carbocycles. The Balaban J connectivity index is 1.80. The fourth-order valence-electron chi connectivity index (χ4n) is 2.71. The zero-order valence-corrected chi connectivity index (χ0v) is 13.3. The minimum atomic E-state index is -0.603. The van der Waals surface area contributed by atoms with Gasteiger partial charge in [-0.2, -0.15) is 4.39 Å². The van der Waals surface area contributed by atoms with Crippen molar-refractivity contribution in [3.8, 4) is 0 Å². The highest BCUT2D eigenvalue weighted by Gasteiger charge is 2.40. The van der Waals surface area contributed by atoms with E-state index in [0.717, 1.165) is 0 Å². The van der Waals surface area contributed by atoms with Crippen LogP contribution in [0.15, 0.2) is 12.1 Å². The average Bonchev–Trinajstić information content (AvgIpc) is 2.46. The highest BCUT2D eigenvalue weighted by atomic mass is 19.1. The maximum Gasteiger partial charge on any atom is 0.410 e. The number of rotatable bonds is 0. The molecule has 0 aliphatic carbocycles. The number of piperazine rings is 1. The maximum atomic E-state index is 13.4. The summed E-state index contributed by atoms with van der Waals surface area (Å²) in [5.41, 5.74) is -0.112. The molecule has 2 aliphatic rings. The predicted octanol–water partition coefficient (Wildman–Crippen LogP) is 1.60. The van der Waals surface area contributed by atoms with Crippen molar-refractivity contribution in [2.75, 3.05) is 29.9 Å². The fraction of sp³-hybridized carbons (Fsp3) is 0.533. The van der Waals surface area contributed by atoms with Gasteiger partial charge in [0.1, 0.15) is 11.6 Å². The van der Waals surface area contributed by atoms with Crippen LogP contribution in [-0.4, -0.2) is 53.2 Å². The molecular formula is C15H19FN4O3. The van der Waals surface area contributed by atoms with E-state index in [4.69, 9.17) is 4.74 Å². The lowest BCUT2D eigenvalue weighted by Crippen LogP contribution is -2.61. The molecule has 0 spiro atoms. The molecule has 1 fully saturated rings. The van der Waals surface area contributed by atoms with E-state index in [-0.39, 0.29) is 12.5 Å². The lowest BCUT2D eigenvalue weighted by atomic mass is 10.1. The number of amides is 2. The molecule has 1 N–H and O–H groups in total. The van der Waals surface area contributed by atoms with Crippen LogP contribution in [0.3, 0.4) is 0 Å². The van der Waals surface area contributed by atoms with Crippen LogP contribution in [0.4, 0.5) is 20.7 Å². The van der Waals surface area contributed by atoms with Crippen molar-refractivity contribution in [2.24, 2.45) is 0 Å². The summed E-state index contributed by atoms with van der Waals surface area (Å²) in [7, 11) is 0. The van der Waals surface area contributed by atoms with Crippen LogP contribution < -0.4 is 10.2 Å². The standard InChI is InChI=1S/C15H19FN4O3/c1-15(2,3)23-14(22)19-6-7-20-10(8-19)13(21)17-9-4-5-11(16)18-12(9)20/h4-5,10H,6-8H2,1-3H3,(H,17,21)/t10-/m0/s1. The molecule has 124 valence electrons. The van der Waals surface area contributed by atoms with Crippen molar-refractivity contribution in [3.05, 3.63) is 18.1 Å². The number of pyridine rings is 1. The van der Waals surface area contributed by atoms with Crippen molar-refractivity contribution >= 4 is 23.5 Å². The highest BCUT2D eigenvalue weighted by Crippen LogP contribution is 2.32. The topological polar surface area (TPSA) is 74.8 Å². The molecule has 23 heavy (non-hydrogen) atoms. The summed E-state index contributed by atoms with van der Waals surface area (Å²) in [4.78, 5) is 31.6. The maximum absolute atomic E-state index is 13.4. The molecule has 3 rings (SSSR count). The van der Waals surface area contributed by atoms with E-state index in [1.165, 1.54) is 17.0 Å². The number of hydrogen-bond donors (Lipinski definition) is 1. The smallest absolute Gasteiger partial charge is 0.410 e. The van der Waals surface area contributed by atoms with Gasteiger partial charge in [0.15, 0.2) is 5.82 Å². The lowest BCUT2D eigenvalue weighted by molar-refractivity contribution is -0.118. The average molecular weight is 322 g/mol. The normalized spacial score (nSPS) is 20.5. The van der Waals surface area contributed by atoms with Gasteiger partial charge in [-0.25, -0.2) is 9.78 Å². The number of hydrogen-bond acceptors (Lipinski definition) is 5. The van der Waals surface area contributed by atoms with Crippen LogP contribution in [0, 0.1) is 5.95 Å². The summed E-state index contributed by atoms with van der Waals surface area (Å²) >= 11 is 0. The van der Waals surface area contributed by atoms with E-state index in [2.05, 4.69) is 10.3 Å². The van der Waals surface area contributed by atoms with Crippen LogP contribution in [0.5, 0.6) is 0 Å². The third kappa shape index (κ3) is 3.06. The van der Waals surface area contributed by atoms with Crippen molar-refractivity contribution in [1.82, 2.24) is 9.88 Å². The van der Waals surface area contributed by atoms with Gasteiger partial charge in [-0.3, -0.25) is 4.79 Å². The third-order valence-electron chi connectivity index (χ3n) is 3.71. The number of anilines is 2. The number of aromatic nitrogens is 1. The Morgan fingerprint density at radius 1 is 1.39 bits per heavy atom. The molecule has 1 atom stereocenters. The van der Waals surface area contributed by atoms with Gasteiger partial charge in [0.2, 0.25) is 11.9 Å². The van der Waals surface area contributed by atoms with Crippen LogP contribution in [-0.2, 0) is 9.53 Å². The molecular weight excluding hydrogens is 303 g/mol. The van der Waals surface area contributed by atoms with E-state index >= 15 is 0 Å². The molecule has 1 saturated heterocycles. The SMILES string of the molecule is CC(C)(C)OC(=O)N1CCN2c3nc(F)ccc3NC(=O)[C@@H]2C1. The summed E-state index contributed by atoms with van der Waals surface area (Å²) in [5, 5.41) is 2.71. The molecule has 1 aromatic heterocycles. The first-order valence-electron chi connectivity index (χ1n) is 7.46. The molecule has 7 nitrogen and oxygen atoms in total. The Hall–Kier alpha value is -2.38. The summed E-state index contributed by atoms with van der Waals surface area (Å²) in [6.07, 6.45) is -0.456. The number of fused-ring (bicyclic) bond motifs is 3. The Morgan fingerprint density at radius 3 is 2.83 bits per heavy atom. The number of halogens is 1. The number of carbonyl (C=O) groups is 2. The van der Waals surface area contributed by atoms with Crippen molar-refractivity contribution in [3.63, 3.8) is 0 Å². The molecule has 2 aliphatic heterocycles. The molecule has 1 aromatic rings. The second kappa shape index (κ2) is 5.36. The van der Waals surface area contributed by atoms with Crippen molar-refractivity contribution < 1.29 is 18.7 Å². The minimum absolute atomic E-state index is 0.179. The van der Waals surface area contributed by atoms with E-state index in [1.807, 2.05) is 0 Å². The zero-order valence-electron chi connectivity index (χ0n) is 13.3. The first-order chi connectivity index (χ1) is 10.7. The third-order valence-corrected chi connectivity index (χ3v) is 3.71. The predicted molar refractivity (Wildman–Crippen MR) is 81.8 cm³/mol. The van der Waals surface area contributed by atoms with Crippen LogP contribution in [0.25, 0.3) is 0 Å². The molecule has 2 amide bonds. The van der Waals surface area contributed by atoms with Gasteiger partial charge in [0, 0.05) is 13.1 Å². The Labute approximate surface area is 133 Å². The Bertz CT molecular complexity index is 659. The van der Waals surface area contributed by atoms with Crippen molar-refractivity contribution in [1.29, 1.82) is 0 Å². The van der Waals surface area contributed by atoms with Gasteiger partial charge in [-0.15, -0.1) is 0 Å². The number of nitrogens with one attached hydrogen (secondary N) is 1. The molecule has 0 bridgehead atoms. The number of nitrogens with zero attached hydrogens (tertiary/aromatic N) is 3. The second-order valence-electron chi connectivity index (χ2n) is 6.63. The van der Waals surface area contributed by atoms with Gasteiger partial charge in [-0.1, -0.05) is 0 Å². The Morgan fingerprint density at radius 2 is 2.13 bits per heavy atom. The van der Waals surface area contributed by atoms with Gasteiger partial charge in [0.05, 0.1) is 12.2 Å². The van der Waals surface area contributed by atoms with Gasteiger partial charge < -0.3 is 19.9 Å². The second-order valence-corrected chi connectivity index (χ2v) is 6.63. The van der Waals surface area contributed by atoms with Gasteiger partial charge in [0.25, 0.3) is 0 Å². The summed E-state index contributed by atoms with van der Waals surface area (Å²) < 4.78 is 18.7. The largest absolute Gasteiger partial charge is 0.444 e. The minimum Gasteiger partial charge on any atom is -0.444 e. The Kier molecular flexibility index (Phi) is 3.62. The number of carbonyl (C=O) groups excluding carboxylic acids is 2. The summed E-state index contributed by atoms with van der Waals surface area (Å²) in [6, 6.07) is 2.10. The van der Waals surface area contributed by atoms with Crippen LogP contribution >= 0.6 is 0 Å². The molecule has 8 heteroatoms. The van der Waals surface area contributed by atoms with E-state index in [1.54, 1.807) is 25.7 Å². The quantitative estimate of drug-likeness (QED) is 0.734. The molecule has 0 aromatic carbocycles. The summed E-state index contributed by atoms with van der Waals surface area (Å²) in [5.74, 6) is -0.439.